The van der Waals surface area contributed by atoms with Gasteiger partial charge < -0.3 is 4.74 Å². The number of fused-ring (bicyclic) bond motifs is 1. The third-order valence-electron chi connectivity index (χ3n) is 6.55. The van der Waals surface area contributed by atoms with Crippen molar-refractivity contribution in [3.63, 3.8) is 0 Å². The number of rotatable bonds is 6. The van der Waals surface area contributed by atoms with Gasteiger partial charge in [0.25, 0.3) is 0 Å². The van der Waals surface area contributed by atoms with Gasteiger partial charge in [0.05, 0.1) is 31.6 Å². The number of hydrogen-bond acceptors (Lipinski definition) is 6. The van der Waals surface area contributed by atoms with Crippen molar-refractivity contribution in [1.82, 2.24) is 29.6 Å². The van der Waals surface area contributed by atoms with Gasteiger partial charge >= 0.3 is 0 Å². The minimum atomic E-state index is -0.394. The molecule has 1 fully saturated rings. The van der Waals surface area contributed by atoms with Crippen LogP contribution in [0.4, 0.5) is 4.39 Å². The number of halogens is 2. The molecule has 4 aromatic heterocycles. The second kappa shape index (κ2) is 10.3. The lowest BCUT2D eigenvalue weighted by Crippen LogP contribution is -2.38. The molecule has 5 heterocycles. The average Bonchev–Trinajstić information content (AvgIpc) is 3.42. The number of aromatic nitrogens is 5. The van der Waals surface area contributed by atoms with Crippen LogP contribution in [-0.2, 0) is 11.3 Å². The van der Waals surface area contributed by atoms with Gasteiger partial charge in [0.15, 0.2) is 5.65 Å². The summed E-state index contributed by atoms with van der Waals surface area (Å²) in [6.07, 6.45) is 9.20. The van der Waals surface area contributed by atoms with E-state index in [4.69, 9.17) is 16.3 Å². The van der Waals surface area contributed by atoms with E-state index in [0.717, 1.165) is 67.0 Å². The molecule has 0 N–H and O–H groups in total. The van der Waals surface area contributed by atoms with Crippen LogP contribution in [0.1, 0.15) is 0 Å². The van der Waals surface area contributed by atoms with Crippen LogP contribution in [0.25, 0.3) is 44.5 Å². The second-order valence-corrected chi connectivity index (χ2v) is 9.40. The fraction of sp³-hybridized carbons (Fsp3) is 0.214. The Kier molecular flexibility index (Phi) is 6.61. The summed E-state index contributed by atoms with van der Waals surface area (Å²) in [4.78, 5) is 16.0. The normalized spacial score (nSPS) is 14.3. The molecular formula is C28H24ClFN6O. The highest BCUT2D eigenvalue weighted by atomic mass is 35.5. The van der Waals surface area contributed by atoms with E-state index in [0.29, 0.717) is 21.9 Å². The van der Waals surface area contributed by atoms with Gasteiger partial charge in [0.2, 0.25) is 0 Å². The summed E-state index contributed by atoms with van der Waals surface area (Å²) in [6.45, 7) is 5.22. The van der Waals surface area contributed by atoms with E-state index < -0.39 is 5.82 Å². The van der Waals surface area contributed by atoms with Gasteiger partial charge in [-0.05, 0) is 48.0 Å². The molecule has 0 atom stereocenters. The molecule has 9 heteroatoms. The summed E-state index contributed by atoms with van der Waals surface area (Å²) < 4.78 is 22.1. The van der Waals surface area contributed by atoms with Gasteiger partial charge in [0, 0.05) is 77.1 Å². The first kappa shape index (κ1) is 23.7. The van der Waals surface area contributed by atoms with Crippen molar-refractivity contribution in [1.29, 1.82) is 0 Å². The maximum Gasteiger partial charge on any atom is 0.160 e. The van der Waals surface area contributed by atoms with Crippen molar-refractivity contribution < 1.29 is 9.13 Å². The third-order valence-corrected chi connectivity index (χ3v) is 6.79. The van der Waals surface area contributed by atoms with Crippen LogP contribution >= 0.6 is 11.6 Å². The molecule has 0 spiro atoms. The fourth-order valence-electron chi connectivity index (χ4n) is 4.58. The van der Waals surface area contributed by atoms with Crippen molar-refractivity contribution in [3.8, 4) is 33.5 Å². The smallest absolute Gasteiger partial charge is 0.160 e. The average molecular weight is 515 g/mol. The molecule has 0 radical (unpaired) electrons. The highest BCUT2D eigenvalue weighted by Crippen LogP contribution is 2.34. The molecular weight excluding hydrogens is 491 g/mol. The van der Waals surface area contributed by atoms with Crippen LogP contribution in [0.15, 0.2) is 73.4 Å². The molecule has 1 aromatic carbocycles. The summed E-state index contributed by atoms with van der Waals surface area (Å²) in [6, 6.07) is 12.2. The lowest BCUT2D eigenvalue weighted by atomic mass is 9.99. The molecule has 1 aliphatic heterocycles. The molecule has 5 aromatic rings. The maximum absolute atomic E-state index is 14.7. The first-order valence-electron chi connectivity index (χ1n) is 12.1. The van der Waals surface area contributed by atoms with E-state index in [1.165, 1.54) is 12.1 Å². The highest BCUT2D eigenvalue weighted by molar-refractivity contribution is 6.30. The van der Waals surface area contributed by atoms with Crippen molar-refractivity contribution in [3.05, 3.63) is 84.3 Å². The Balaban J connectivity index is 1.34. The predicted molar refractivity (Wildman–Crippen MR) is 142 cm³/mol. The van der Waals surface area contributed by atoms with Gasteiger partial charge in [-0.25, -0.2) is 14.4 Å². The third kappa shape index (κ3) is 5.09. The summed E-state index contributed by atoms with van der Waals surface area (Å²) in [7, 11) is 0. The van der Waals surface area contributed by atoms with E-state index in [1.54, 1.807) is 18.5 Å². The highest BCUT2D eigenvalue weighted by Gasteiger charge is 2.15. The largest absolute Gasteiger partial charge is 0.379 e. The molecule has 0 unspecified atom stereocenters. The summed E-state index contributed by atoms with van der Waals surface area (Å²) in [5, 5.41) is 5.85. The molecule has 0 bridgehead atoms. The monoisotopic (exact) mass is 514 g/mol. The molecule has 186 valence electrons. The van der Waals surface area contributed by atoms with Crippen LogP contribution in [0, 0.1) is 5.82 Å². The Morgan fingerprint density at radius 1 is 0.919 bits per heavy atom. The lowest BCUT2D eigenvalue weighted by Gasteiger charge is -2.26. The summed E-state index contributed by atoms with van der Waals surface area (Å²) >= 11 is 6.16. The standard InChI is InChI=1S/C28H24ClFN6O/c29-22-3-4-26(30)25(13-22)27-14-24(23-2-1-5-32-28(23)34-27)20-12-19(15-31-16-20)21-17-33-36(18-21)7-6-35-8-10-37-11-9-35/h1-5,12-18H,6-11H2. The van der Waals surface area contributed by atoms with Gasteiger partial charge in [-0.3, -0.25) is 14.6 Å². The maximum atomic E-state index is 14.7. The molecule has 37 heavy (non-hydrogen) atoms. The topological polar surface area (TPSA) is 69.0 Å². The van der Waals surface area contributed by atoms with E-state index in [1.807, 2.05) is 41.5 Å². The summed E-state index contributed by atoms with van der Waals surface area (Å²) in [5.41, 5.74) is 4.97. The van der Waals surface area contributed by atoms with Gasteiger partial charge in [-0.15, -0.1) is 0 Å². The van der Waals surface area contributed by atoms with Crippen LogP contribution in [0.5, 0.6) is 0 Å². The van der Waals surface area contributed by atoms with E-state index >= 15 is 0 Å². The number of ether oxygens (including phenoxy) is 1. The Hall–Kier alpha value is -3.72. The van der Waals surface area contributed by atoms with E-state index in [9.17, 15) is 4.39 Å². The molecule has 0 aliphatic carbocycles. The van der Waals surface area contributed by atoms with Crippen LogP contribution in [0.3, 0.4) is 0 Å². The van der Waals surface area contributed by atoms with Crippen molar-refractivity contribution >= 4 is 22.6 Å². The van der Waals surface area contributed by atoms with Crippen LogP contribution in [-0.4, -0.2) is 62.5 Å². The minimum Gasteiger partial charge on any atom is -0.379 e. The van der Waals surface area contributed by atoms with Crippen molar-refractivity contribution in [2.45, 2.75) is 6.54 Å². The SMILES string of the molecule is Fc1ccc(Cl)cc1-c1cc(-c2cncc(-c3cnn(CCN4CCOCC4)c3)c2)c2cccnc2n1. The quantitative estimate of drug-likeness (QED) is 0.304. The number of morpholine rings is 1. The first-order chi connectivity index (χ1) is 18.1. The molecule has 1 aliphatic rings. The van der Waals surface area contributed by atoms with Crippen LogP contribution in [0.2, 0.25) is 5.02 Å². The zero-order valence-electron chi connectivity index (χ0n) is 20.0. The molecule has 7 nitrogen and oxygen atoms in total. The van der Waals surface area contributed by atoms with Crippen molar-refractivity contribution in [2.24, 2.45) is 0 Å². The zero-order valence-corrected chi connectivity index (χ0v) is 20.8. The Morgan fingerprint density at radius 3 is 2.68 bits per heavy atom. The van der Waals surface area contributed by atoms with E-state index in [-0.39, 0.29) is 0 Å². The number of hydrogen-bond donors (Lipinski definition) is 0. The predicted octanol–water partition coefficient (Wildman–Crippen LogP) is 5.35. The van der Waals surface area contributed by atoms with Crippen molar-refractivity contribution in [2.75, 3.05) is 32.8 Å². The first-order valence-corrected chi connectivity index (χ1v) is 12.5. The van der Waals surface area contributed by atoms with Gasteiger partial charge in [-0.1, -0.05) is 11.6 Å². The molecule has 6 rings (SSSR count). The Bertz CT molecular complexity index is 1570. The Morgan fingerprint density at radius 2 is 1.78 bits per heavy atom. The van der Waals surface area contributed by atoms with Gasteiger partial charge in [0.1, 0.15) is 5.82 Å². The molecule has 1 saturated heterocycles. The molecule has 0 saturated carbocycles. The minimum absolute atomic E-state index is 0.326. The number of nitrogens with zero attached hydrogens (tertiary/aromatic N) is 6. The van der Waals surface area contributed by atoms with E-state index in [2.05, 4.69) is 31.0 Å². The van der Waals surface area contributed by atoms with Crippen LogP contribution < -0.4 is 0 Å². The number of pyridine rings is 3. The Labute approximate surface area is 218 Å². The molecule has 0 amide bonds. The fourth-order valence-corrected chi connectivity index (χ4v) is 4.75. The second-order valence-electron chi connectivity index (χ2n) is 8.96. The summed E-state index contributed by atoms with van der Waals surface area (Å²) in [5.74, 6) is -0.394. The lowest BCUT2D eigenvalue weighted by molar-refractivity contribution is 0.0360. The zero-order chi connectivity index (χ0) is 25.2. The number of benzene rings is 1. The van der Waals surface area contributed by atoms with Gasteiger partial charge in [-0.2, -0.15) is 5.10 Å².